The van der Waals surface area contributed by atoms with Gasteiger partial charge in [-0.05, 0) is 30.7 Å². The predicted octanol–water partition coefficient (Wildman–Crippen LogP) is 1.22. The number of ether oxygens (including phenoxy) is 1. The lowest BCUT2D eigenvalue weighted by molar-refractivity contribution is -0.123. The molecule has 1 aromatic rings. The molecule has 0 aliphatic rings. The summed E-state index contributed by atoms with van der Waals surface area (Å²) in [4.78, 5) is 11.2. The Morgan fingerprint density at radius 3 is 2.69 bits per heavy atom. The summed E-state index contributed by atoms with van der Waals surface area (Å²) in [7, 11) is 0. The molecular weight excluding hydrogens is 230 g/mol. The topological polar surface area (TPSA) is 58.6 Å². The van der Waals surface area contributed by atoms with Crippen molar-refractivity contribution in [2.24, 2.45) is 0 Å². The third-order valence-corrected chi connectivity index (χ3v) is 2.09. The highest BCUT2D eigenvalue weighted by Crippen LogP contribution is 2.15. The van der Waals surface area contributed by atoms with Crippen LogP contribution in [-0.2, 0) is 4.79 Å². The Hall–Kier alpha value is -1.26. The van der Waals surface area contributed by atoms with Crippen molar-refractivity contribution in [2.75, 3.05) is 19.8 Å². The first-order chi connectivity index (χ1) is 7.72. The van der Waals surface area contributed by atoms with E-state index in [0.29, 0.717) is 23.7 Å². The average molecular weight is 244 g/mol. The zero-order valence-corrected chi connectivity index (χ0v) is 9.54. The zero-order chi connectivity index (χ0) is 11.8. The van der Waals surface area contributed by atoms with Crippen molar-refractivity contribution in [3.05, 3.63) is 29.3 Å². The molecule has 0 fully saturated rings. The van der Waals surface area contributed by atoms with Gasteiger partial charge in [0.05, 0.1) is 0 Å². The summed E-state index contributed by atoms with van der Waals surface area (Å²) >= 11 is 5.70. The number of carbonyl (C=O) groups excluding carboxylic acids is 1. The number of amides is 1. The van der Waals surface area contributed by atoms with Crippen molar-refractivity contribution in [1.82, 2.24) is 5.32 Å². The lowest BCUT2D eigenvalue weighted by Gasteiger charge is -2.06. The van der Waals surface area contributed by atoms with Gasteiger partial charge in [0, 0.05) is 18.2 Å². The van der Waals surface area contributed by atoms with Crippen LogP contribution < -0.4 is 10.1 Å². The fourth-order valence-electron chi connectivity index (χ4n) is 1.04. The Morgan fingerprint density at radius 1 is 1.38 bits per heavy atom. The number of benzene rings is 1. The predicted molar refractivity (Wildman–Crippen MR) is 61.7 cm³/mol. The molecule has 0 atom stereocenters. The molecule has 0 aliphatic heterocycles. The molecule has 0 bridgehead atoms. The second-order valence-corrected chi connectivity index (χ2v) is 3.61. The fraction of sp³-hybridized carbons (Fsp3) is 0.364. The van der Waals surface area contributed by atoms with Crippen molar-refractivity contribution < 1.29 is 14.6 Å². The van der Waals surface area contributed by atoms with Crippen LogP contribution in [0.25, 0.3) is 0 Å². The van der Waals surface area contributed by atoms with Crippen molar-refractivity contribution in [3.63, 3.8) is 0 Å². The molecule has 0 aromatic heterocycles. The average Bonchev–Trinajstić information content (AvgIpc) is 2.29. The number of hydrogen-bond donors (Lipinski definition) is 2. The second-order valence-electron chi connectivity index (χ2n) is 3.17. The Balaban J connectivity index is 2.23. The SMILES string of the molecule is O=C(COc1ccc(Cl)cc1)NCCCO. The van der Waals surface area contributed by atoms with Crippen molar-refractivity contribution in [2.45, 2.75) is 6.42 Å². The largest absolute Gasteiger partial charge is 0.484 e. The Labute approximate surface area is 99.2 Å². The molecule has 0 aliphatic carbocycles. The van der Waals surface area contributed by atoms with E-state index < -0.39 is 0 Å². The van der Waals surface area contributed by atoms with Gasteiger partial charge in [0.1, 0.15) is 5.75 Å². The maximum atomic E-state index is 11.2. The monoisotopic (exact) mass is 243 g/mol. The van der Waals surface area contributed by atoms with E-state index in [2.05, 4.69) is 5.32 Å². The number of hydrogen-bond acceptors (Lipinski definition) is 3. The van der Waals surface area contributed by atoms with E-state index >= 15 is 0 Å². The normalized spacial score (nSPS) is 9.88. The Morgan fingerprint density at radius 2 is 2.06 bits per heavy atom. The van der Waals surface area contributed by atoms with Crippen LogP contribution in [0.1, 0.15) is 6.42 Å². The van der Waals surface area contributed by atoms with E-state index in [-0.39, 0.29) is 19.1 Å². The van der Waals surface area contributed by atoms with E-state index in [0.717, 1.165) is 0 Å². The van der Waals surface area contributed by atoms with Gasteiger partial charge >= 0.3 is 0 Å². The van der Waals surface area contributed by atoms with E-state index in [9.17, 15) is 4.79 Å². The van der Waals surface area contributed by atoms with Crippen LogP contribution in [0, 0.1) is 0 Å². The van der Waals surface area contributed by atoms with Gasteiger partial charge < -0.3 is 15.2 Å². The minimum Gasteiger partial charge on any atom is -0.484 e. The van der Waals surface area contributed by atoms with Gasteiger partial charge in [-0.25, -0.2) is 0 Å². The number of aliphatic hydroxyl groups is 1. The minimum atomic E-state index is -0.205. The molecule has 1 rings (SSSR count). The van der Waals surface area contributed by atoms with E-state index in [1.165, 1.54) is 0 Å². The van der Waals surface area contributed by atoms with Gasteiger partial charge in [-0.2, -0.15) is 0 Å². The molecular formula is C11H14ClNO3. The van der Waals surface area contributed by atoms with E-state index in [1.54, 1.807) is 24.3 Å². The van der Waals surface area contributed by atoms with E-state index in [1.807, 2.05) is 0 Å². The molecule has 0 saturated carbocycles. The molecule has 5 heteroatoms. The molecule has 1 aromatic carbocycles. The number of nitrogens with one attached hydrogen (secondary N) is 1. The van der Waals surface area contributed by atoms with Gasteiger partial charge in [-0.3, -0.25) is 4.79 Å². The lowest BCUT2D eigenvalue weighted by Crippen LogP contribution is -2.30. The number of carbonyl (C=O) groups is 1. The van der Waals surface area contributed by atoms with Crippen LogP contribution in [-0.4, -0.2) is 30.8 Å². The summed E-state index contributed by atoms with van der Waals surface area (Å²) in [5, 5.41) is 11.8. The molecule has 4 nitrogen and oxygen atoms in total. The molecule has 16 heavy (non-hydrogen) atoms. The molecule has 0 heterocycles. The summed E-state index contributed by atoms with van der Waals surface area (Å²) in [6.07, 6.45) is 0.548. The van der Waals surface area contributed by atoms with Crippen LogP contribution in [0.4, 0.5) is 0 Å². The molecule has 0 spiro atoms. The zero-order valence-electron chi connectivity index (χ0n) is 8.78. The molecule has 1 amide bonds. The Bertz CT molecular complexity index is 327. The fourth-order valence-corrected chi connectivity index (χ4v) is 1.16. The summed E-state index contributed by atoms with van der Waals surface area (Å²) in [5.41, 5.74) is 0. The van der Waals surface area contributed by atoms with Crippen LogP contribution in [0.5, 0.6) is 5.75 Å². The highest BCUT2D eigenvalue weighted by molar-refractivity contribution is 6.30. The molecule has 2 N–H and O–H groups in total. The van der Waals surface area contributed by atoms with E-state index in [4.69, 9.17) is 21.4 Å². The van der Waals surface area contributed by atoms with Crippen molar-refractivity contribution in [3.8, 4) is 5.75 Å². The smallest absolute Gasteiger partial charge is 0.257 e. The van der Waals surface area contributed by atoms with Crippen LogP contribution in [0.3, 0.4) is 0 Å². The van der Waals surface area contributed by atoms with Crippen molar-refractivity contribution >= 4 is 17.5 Å². The lowest BCUT2D eigenvalue weighted by atomic mass is 10.3. The maximum Gasteiger partial charge on any atom is 0.257 e. The minimum absolute atomic E-state index is 0.0347. The Kier molecular flexibility index (Phi) is 5.67. The molecule has 0 saturated heterocycles. The van der Waals surface area contributed by atoms with Gasteiger partial charge in [-0.15, -0.1) is 0 Å². The van der Waals surface area contributed by atoms with Gasteiger partial charge in [0.15, 0.2) is 6.61 Å². The highest BCUT2D eigenvalue weighted by Gasteiger charge is 2.01. The van der Waals surface area contributed by atoms with Gasteiger partial charge in [-0.1, -0.05) is 11.6 Å². The summed E-state index contributed by atoms with van der Waals surface area (Å²) in [5.74, 6) is 0.394. The third kappa shape index (κ3) is 5.00. The maximum absolute atomic E-state index is 11.2. The number of rotatable bonds is 6. The summed E-state index contributed by atoms with van der Waals surface area (Å²) in [6, 6.07) is 6.79. The molecule has 88 valence electrons. The first-order valence-electron chi connectivity index (χ1n) is 4.98. The van der Waals surface area contributed by atoms with Crippen LogP contribution >= 0.6 is 11.6 Å². The highest BCUT2D eigenvalue weighted by atomic mass is 35.5. The standard InChI is InChI=1S/C11H14ClNO3/c12-9-2-4-10(5-3-9)16-8-11(15)13-6-1-7-14/h2-5,14H,1,6-8H2,(H,13,15). The molecule has 0 radical (unpaired) electrons. The van der Waals surface area contributed by atoms with Crippen LogP contribution in [0.2, 0.25) is 5.02 Å². The number of aliphatic hydroxyl groups excluding tert-OH is 1. The molecule has 0 unspecified atom stereocenters. The number of halogens is 1. The summed E-state index contributed by atoms with van der Waals surface area (Å²) in [6.45, 7) is 0.491. The second kappa shape index (κ2) is 7.09. The third-order valence-electron chi connectivity index (χ3n) is 1.84. The summed E-state index contributed by atoms with van der Waals surface area (Å²) < 4.78 is 5.22. The first kappa shape index (κ1) is 12.8. The van der Waals surface area contributed by atoms with Gasteiger partial charge in [0.25, 0.3) is 5.91 Å². The quantitative estimate of drug-likeness (QED) is 0.739. The van der Waals surface area contributed by atoms with Crippen LogP contribution in [0.15, 0.2) is 24.3 Å². The van der Waals surface area contributed by atoms with Gasteiger partial charge in [0.2, 0.25) is 0 Å². The van der Waals surface area contributed by atoms with Crippen molar-refractivity contribution in [1.29, 1.82) is 0 Å². The first-order valence-corrected chi connectivity index (χ1v) is 5.36.